The zero-order chi connectivity index (χ0) is 14.5. The van der Waals surface area contributed by atoms with Crippen molar-refractivity contribution in [2.24, 2.45) is 5.92 Å². The van der Waals surface area contributed by atoms with Gasteiger partial charge in [-0.05, 0) is 24.1 Å². The lowest BCUT2D eigenvalue weighted by molar-refractivity contribution is -0.129. The molecule has 0 saturated carbocycles. The van der Waals surface area contributed by atoms with Crippen molar-refractivity contribution < 1.29 is 4.79 Å². The molecule has 1 aliphatic rings. The number of amides is 1. The summed E-state index contributed by atoms with van der Waals surface area (Å²) in [5.74, 6) is 1.69. The first kappa shape index (κ1) is 14.8. The monoisotopic (exact) mass is 276 g/mol. The van der Waals surface area contributed by atoms with Gasteiger partial charge >= 0.3 is 0 Å². The number of nitrogens with one attached hydrogen (secondary N) is 1. The summed E-state index contributed by atoms with van der Waals surface area (Å²) in [6.07, 6.45) is 1.89. The minimum absolute atomic E-state index is 0.153. The maximum Gasteiger partial charge on any atom is 0.241 e. The zero-order valence-electron chi connectivity index (χ0n) is 12.6. The number of anilines is 1. The Morgan fingerprint density at radius 3 is 2.75 bits per heavy atom. The van der Waals surface area contributed by atoms with Gasteiger partial charge in [0.1, 0.15) is 5.82 Å². The molecular formula is C15H24N4O. The largest absolute Gasteiger partial charge is 0.346 e. The molecule has 1 N–H and O–H groups in total. The first-order valence-electron chi connectivity index (χ1n) is 7.21. The minimum Gasteiger partial charge on any atom is -0.346 e. The van der Waals surface area contributed by atoms with Crippen LogP contribution in [0.5, 0.6) is 0 Å². The summed E-state index contributed by atoms with van der Waals surface area (Å²) in [5, 5.41) is 3.40. The van der Waals surface area contributed by atoms with Gasteiger partial charge in [-0.1, -0.05) is 19.9 Å². The molecule has 5 nitrogen and oxygen atoms in total. The standard InChI is InChI=1S/C15H24N4O/c1-12(2)8-16-9-13-4-5-14(17-10-13)19-7-6-18(3)15(20)11-19/h4-5,10,12,16H,6-9,11H2,1-3H3. The Hall–Kier alpha value is -1.62. The fourth-order valence-electron chi connectivity index (χ4n) is 2.17. The SMILES string of the molecule is CC(C)CNCc1ccc(N2CCN(C)C(=O)C2)nc1. The van der Waals surface area contributed by atoms with Crippen molar-refractivity contribution in [2.45, 2.75) is 20.4 Å². The van der Waals surface area contributed by atoms with E-state index in [-0.39, 0.29) is 5.91 Å². The van der Waals surface area contributed by atoms with E-state index in [0.29, 0.717) is 12.5 Å². The average Bonchev–Trinajstić information content (AvgIpc) is 2.42. The Morgan fingerprint density at radius 2 is 2.15 bits per heavy atom. The summed E-state index contributed by atoms with van der Waals surface area (Å²) < 4.78 is 0. The number of hydrogen-bond acceptors (Lipinski definition) is 4. The van der Waals surface area contributed by atoms with Gasteiger partial charge in [-0.15, -0.1) is 0 Å². The van der Waals surface area contributed by atoms with Gasteiger partial charge in [0.05, 0.1) is 6.54 Å². The summed E-state index contributed by atoms with van der Waals surface area (Å²) in [7, 11) is 1.84. The van der Waals surface area contributed by atoms with Crippen LogP contribution in [0.3, 0.4) is 0 Å². The second kappa shape index (κ2) is 6.70. The van der Waals surface area contributed by atoms with Crippen LogP contribution in [0, 0.1) is 5.92 Å². The topological polar surface area (TPSA) is 48.5 Å². The van der Waals surface area contributed by atoms with Crippen LogP contribution in [0.1, 0.15) is 19.4 Å². The maximum absolute atomic E-state index is 11.7. The van der Waals surface area contributed by atoms with Crippen molar-refractivity contribution >= 4 is 11.7 Å². The lowest BCUT2D eigenvalue weighted by Crippen LogP contribution is -2.48. The number of carbonyl (C=O) groups is 1. The van der Waals surface area contributed by atoms with Gasteiger partial charge in [0.2, 0.25) is 5.91 Å². The number of pyridine rings is 1. The molecule has 1 aromatic heterocycles. The van der Waals surface area contributed by atoms with Gasteiger partial charge < -0.3 is 15.1 Å². The number of rotatable bonds is 5. The van der Waals surface area contributed by atoms with Crippen LogP contribution in [-0.2, 0) is 11.3 Å². The van der Waals surface area contributed by atoms with Gasteiger partial charge in [0, 0.05) is 32.9 Å². The summed E-state index contributed by atoms with van der Waals surface area (Å²) >= 11 is 0. The third-order valence-electron chi connectivity index (χ3n) is 3.47. The molecule has 110 valence electrons. The maximum atomic E-state index is 11.7. The van der Waals surface area contributed by atoms with Crippen LogP contribution in [0.25, 0.3) is 0 Å². The Bertz CT molecular complexity index is 444. The molecule has 0 radical (unpaired) electrons. The van der Waals surface area contributed by atoms with Crippen LogP contribution >= 0.6 is 0 Å². The smallest absolute Gasteiger partial charge is 0.241 e. The van der Waals surface area contributed by atoms with Crippen LogP contribution in [0.15, 0.2) is 18.3 Å². The first-order chi connectivity index (χ1) is 9.56. The van der Waals surface area contributed by atoms with E-state index in [0.717, 1.165) is 32.0 Å². The molecule has 0 bridgehead atoms. The third kappa shape index (κ3) is 3.93. The number of likely N-dealkylation sites (N-methyl/N-ethyl adjacent to an activating group) is 1. The number of piperazine rings is 1. The summed E-state index contributed by atoms with van der Waals surface area (Å²) in [5.41, 5.74) is 1.18. The molecule has 1 saturated heterocycles. The number of aromatic nitrogens is 1. The Balaban J connectivity index is 1.89. The Kier molecular flexibility index (Phi) is 4.95. The van der Waals surface area contributed by atoms with Gasteiger partial charge in [-0.3, -0.25) is 4.79 Å². The highest BCUT2D eigenvalue weighted by atomic mass is 16.2. The highest BCUT2D eigenvalue weighted by molar-refractivity contribution is 5.82. The molecule has 0 aromatic carbocycles. The van der Waals surface area contributed by atoms with Crippen molar-refractivity contribution in [2.75, 3.05) is 38.1 Å². The molecule has 1 aromatic rings. The second-order valence-electron chi connectivity index (χ2n) is 5.79. The number of nitrogens with zero attached hydrogens (tertiary/aromatic N) is 3. The van der Waals surface area contributed by atoms with Crippen LogP contribution < -0.4 is 10.2 Å². The minimum atomic E-state index is 0.153. The second-order valence-corrected chi connectivity index (χ2v) is 5.79. The molecule has 0 aliphatic carbocycles. The van der Waals surface area contributed by atoms with Crippen molar-refractivity contribution in [1.29, 1.82) is 0 Å². The van der Waals surface area contributed by atoms with Crippen molar-refractivity contribution in [3.8, 4) is 0 Å². The lowest BCUT2D eigenvalue weighted by atomic mass is 10.2. The molecule has 1 fully saturated rings. The van der Waals surface area contributed by atoms with E-state index in [1.165, 1.54) is 5.56 Å². The van der Waals surface area contributed by atoms with Gasteiger partial charge in [0.25, 0.3) is 0 Å². The quantitative estimate of drug-likeness (QED) is 0.875. The molecule has 2 rings (SSSR count). The van der Waals surface area contributed by atoms with Crippen LogP contribution in [0.4, 0.5) is 5.82 Å². The van der Waals surface area contributed by atoms with Gasteiger partial charge in [-0.2, -0.15) is 0 Å². The molecule has 5 heteroatoms. The summed E-state index contributed by atoms with van der Waals surface area (Å²) in [6.45, 7) is 8.27. The molecule has 20 heavy (non-hydrogen) atoms. The van der Waals surface area contributed by atoms with E-state index < -0.39 is 0 Å². The van der Waals surface area contributed by atoms with E-state index in [2.05, 4.69) is 30.2 Å². The fourth-order valence-corrected chi connectivity index (χ4v) is 2.17. The average molecular weight is 276 g/mol. The van der Waals surface area contributed by atoms with Gasteiger partial charge in [0.15, 0.2) is 0 Å². The van der Waals surface area contributed by atoms with Crippen molar-refractivity contribution in [3.05, 3.63) is 23.9 Å². The van der Waals surface area contributed by atoms with Crippen LogP contribution in [-0.4, -0.2) is 49.0 Å². The van der Waals surface area contributed by atoms with E-state index in [1.807, 2.05) is 24.2 Å². The lowest BCUT2D eigenvalue weighted by Gasteiger charge is -2.32. The molecule has 0 spiro atoms. The molecule has 2 heterocycles. The summed E-state index contributed by atoms with van der Waals surface area (Å²) in [4.78, 5) is 20.0. The predicted molar refractivity (Wildman–Crippen MR) is 80.6 cm³/mol. The molecule has 0 atom stereocenters. The van der Waals surface area contributed by atoms with E-state index in [1.54, 1.807) is 4.90 Å². The molecule has 1 aliphatic heterocycles. The van der Waals surface area contributed by atoms with Crippen molar-refractivity contribution in [3.63, 3.8) is 0 Å². The molecular weight excluding hydrogens is 252 g/mol. The van der Waals surface area contributed by atoms with Crippen LogP contribution in [0.2, 0.25) is 0 Å². The first-order valence-corrected chi connectivity index (χ1v) is 7.21. The normalized spacial score (nSPS) is 16.1. The van der Waals surface area contributed by atoms with Gasteiger partial charge in [-0.25, -0.2) is 4.98 Å². The number of hydrogen-bond donors (Lipinski definition) is 1. The van der Waals surface area contributed by atoms with Crippen molar-refractivity contribution in [1.82, 2.24) is 15.2 Å². The zero-order valence-corrected chi connectivity index (χ0v) is 12.6. The molecule has 1 amide bonds. The molecule has 0 unspecified atom stereocenters. The summed E-state index contributed by atoms with van der Waals surface area (Å²) in [6, 6.07) is 4.09. The highest BCUT2D eigenvalue weighted by Crippen LogP contribution is 2.14. The van der Waals surface area contributed by atoms with E-state index in [4.69, 9.17) is 0 Å². The Labute approximate surface area is 121 Å². The fraction of sp³-hybridized carbons (Fsp3) is 0.600. The third-order valence-corrected chi connectivity index (χ3v) is 3.47. The number of carbonyl (C=O) groups excluding carboxylic acids is 1. The van der Waals surface area contributed by atoms with E-state index >= 15 is 0 Å². The van der Waals surface area contributed by atoms with E-state index in [9.17, 15) is 4.79 Å². The predicted octanol–water partition coefficient (Wildman–Crippen LogP) is 1.11. The Morgan fingerprint density at radius 1 is 1.35 bits per heavy atom. The highest BCUT2D eigenvalue weighted by Gasteiger charge is 2.21.